The van der Waals surface area contributed by atoms with Crippen LogP contribution in [-0.2, 0) is 4.79 Å². The van der Waals surface area contributed by atoms with E-state index in [0.29, 0.717) is 24.0 Å². The number of carbonyl (C=O) groups excluding carboxylic acids is 1. The molecule has 0 aliphatic carbocycles. The van der Waals surface area contributed by atoms with Crippen molar-refractivity contribution >= 4 is 17.7 Å². The van der Waals surface area contributed by atoms with Gasteiger partial charge in [-0.1, -0.05) is 37.7 Å². The summed E-state index contributed by atoms with van der Waals surface area (Å²) >= 11 is 1.34. The molecule has 24 heavy (non-hydrogen) atoms. The highest BCUT2D eigenvalue weighted by molar-refractivity contribution is 7.99. The summed E-state index contributed by atoms with van der Waals surface area (Å²) < 4.78 is 1.87. The van der Waals surface area contributed by atoms with Crippen molar-refractivity contribution in [3.8, 4) is 11.8 Å². The van der Waals surface area contributed by atoms with Crippen LogP contribution >= 0.6 is 11.8 Å². The summed E-state index contributed by atoms with van der Waals surface area (Å²) in [5.41, 5.74) is 2.24. The Kier molecular flexibility index (Phi) is 6.38. The third kappa shape index (κ3) is 4.59. The maximum atomic E-state index is 12.0. The highest BCUT2D eigenvalue weighted by atomic mass is 32.2. The molecule has 6 nitrogen and oxygen atoms in total. The minimum absolute atomic E-state index is 0.0278. The van der Waals surface area contributed by atoms with E-state index in [0.717, 1.165) is 5.69 Å². The van der Waals surface area contributed by atoms with Crippen LogP contribution in [0.3, 0.4) is 0 Å². The van der Waals surface area contributed by atoms with E-state index >= 15 is 0 Å². The number of thioether (sulfide) groups is 1. The average Bonchev–Trinajstić information content (AvgIpc) is 3.06. The molecule has 0 spiro atoms. The van der Waals surface area contributed by atoms with Gasteiger partial charge in [-0.05, 0) is 23.6 Å². The number of nitriles is 1. The van der Waals surface area contributed by atoms with Gasteiger partial charge in [0.2, 0.25) is 5.91 Å². The number of benzene rings is 1. The molecule has 1 heterocycles. The Morgan fingerprint density at radius 2 is 2.08 bits per heavy atom. The second kappa shape index (κ2) is 8.50. The fourth-order valence-corrected chi connectivity index (χ4v) is 2.97. The Morgan fingerprint density at radius 1 is 1.38 bits per heavy atom. The molecule has 0 fully saturated rings. The van der Waals surface area contributed by atoms with Crippen molar-refractivity contribution in [3.63, 3.8) is 0 Å². The second-order valence-electron chi connectivity index (χ2n) is 5.74. The molecule has 0 aliphatic heterocycles. The zero-order valence-electron chi connectivity index (χ0n) is 14.1. The van der Waals surface area contributed by atoms with Gasteiger partial charge in [-0.15, -0.1) is 10.2 Å². The molecule has 0 saturated carbocycles. The van der Waals surface area contributed by atoms with Crippen molar-refractivity contribution in [2.24, 2.45) is 0 Å². The Labute approximate surface area is 146 Å². The van der Waals surface area contributed by atoms with Crippen molar-refractivity contribution in [3.05, 3.63) is 36.2 Å². The minimum atomic E-state index is -0.0278. The molecule has 1 amide bonds. The van der Waals surface area contributed by atoms with E-state index in [4.69, 9.17) is 5.26 Å². The quantitative estimate of drug-likeness (QED) is 0.723. The summed E-state index contributed by atoms with van der Waals surface area (Å²) in [5, 5.41) is 17.3. The molecule has 0 bridgehead atoms. The van der Waals surface area contributed by atoms with Crippen LogP contribution in [0.1, 0.15) is 31.7 Å². The first kappa shape index (κ1) is 18.0. The first-order valence-electron chi connectivity index (χ1n) is 7.77. The molecule has 126 valence electrons. The highest BCUT2D eigenvalue weighted by Gasteiger charge is 2.13. The van der Waals surface area contributed by atoms with E-state index in [1.165, 1.54) is 17.3 Å². The van der Waals surface area contributed by atoms with Gasteiger partial charge in [-0.2, -0.15) is 5.26 Å². The van der Waals surface area contributed by atoms with Crippen molar-refractivity contribution in [2.75, 3.05) is 19.3 Å². The fourth-order valence-electron chi connectivity index (χ4n) is 2.10. The standard InChI is InChI=1S/C17H21N5OS/c1-13(2)14-5-7-15(8-6-14)22-12-19-20-17(22)24-11-16(23)21(3)10-4-9-18/h5-8,12-13H,4,10-11H2,1-3H3. The summed E-state index contributed by atoms with van der Waals surface area (Å²) in [5.74, 6) is 0.723. The zero-order chi connectivity index (χ0) is 17.5. The number of carbonyl (C=O) groups is 1. The molecule has 2 rings (SSSR count). The Morgan fingerprint density at radius 3 is 2.71 bits per heavy atom. The summed E-state index contributed by atoms with van der Waals surface area (Å²) in [6.45, 7) is 4.76. The summed E-state index contributed by atoms with van der Waals surface area (Å²) in [6, 6.07) is 10.3. The third-order valence-electron chi connectivity index (χ3n) is 3.66. The predicted molar refractivity (Wildman–Crippen MR) is 94.0 cm³/mol. The van der Waals surface area contributed by atoms with Crippen LogP contribution in [0, 0.1) is 11.3 Å². The smallest absolute Gasteiger partial charge is 0.232 e. The van der Waals surface area contributed by atoms with Gasteiger partial charge in [-0.25, -0.2) is 0 Å². The van der Waals surface area contributed by atoms with Crippen molar-refractivity contribution < 1.29 is 4.79 Å². The third-order valence-corrected chi connectivity index (χ3v) is 4.59. The SMILES string of the molecule is CC(C)c1ccc(-n2cnnc2SCC(=O)N(C)CCC#N)cc1. The van der Waals surface area contributed by atoms with Crippen LogP contribution in [-0.4, -0.2) is 44.9 Å². The van der Waals surface area contributed by atoms with E-state index in [-0.39, 0.29) is 11.7 Å². The number of nitrogens with zero attached hydrogens (tertiary/aromatic N) is 5. The number of aromatic nitrogens is 3. The van der Waals surface area contributed by atoms with Gasteiger partial charge in [0.05, 0.1) is 18.2 Å². The molecule has 0 unspecified atom stereocenters. The van der Waals surface area contributed by atoms with Crippen LogP contribution in [0.25, 0.3) is 5.69 Å². The number of hydrogen-bond acceptors (Lipinski definition) is 5. The van der Waals surface area contributed by atoms with Gasteiger partial charge in [0.15, 0.2) is 5.16 Å². The van der Waals surface area contributed by atoms with E-state index in [1.54, 1.807) is 18.3 Å². The largest absolute Gasteiger partial charge is 0.344 e. The van der Waals surface area contributed by atoms with Gasteiger partial charge in [0.1, 0.15) is 6.33 Å². The Balaban J connectivity index is 2.02. The molecule has 1 aromatic heterocycles. The number of hydrogen-bond donors (Lipinski definition) is 0. The lowest BCUT2D eigenvalue weighted by molar-refractivity contribution is -0.127. The molecular formula is C17H21N5OS. The number of amides is 1. The van der Waals surface area contributed by atoms with Crippen molar-refractivity contribution in [1.82, 2.24) is 19.7 Å². The number of rotatable bonds is 7. The molecule has 7 heteroatoms. The topological polar surface area (TPSA) is 74.8 Å². The van der Waals surface area contributed by atoms with Gasteiger partial charge >= 0.3 is 0 Å². The minimum Gasteiger partial charge on any atom is -0.344 e. The van der Waals surface area contributed by atoms with Crippen LogP contribution in [0.2, 0.25) is 0 Å². The highest BCUT2D eigenvalue weighted by Crippen LogP contribution is 2.22. The lowest BCUT2D eigenvalue weighted by Gasteiger charge is -2.15. The summed E-state index contributed by atoms with van der Waals surface area (Å²) in [4.78, 5) is 13.6. The molecule has 0 saturated heterocycles. The average molecular weight is 343 g/mol. The van der Waals surface area contributed by atoms with Crippen molar-refractivity contribution in [2.45, 2.75) is 31.3 Å². The molecule has 0 aliphatic rings. The molecule has 0 atom stereocenters. The molecule has 0 radical (unpaired) electrons. The molecule has 1 aromatic carbocycles. The molecule has 0 N–H and O–H groups in total. The lowest BCUT2D eigenvalue weighted by Crippen LogP contribution is -2.29. The van der Waals surface area contributed by atoms with Crippen molar-refractivity contribution in [1.29, 1.82) is 5.26 Å². The van der Waals surface area contributed by atoms with E-state index in [9.17, 15) is 4.79 Å². The van der Waals surface area contributed by atoms with E-state index < -0.39 is 0 Å². The van der Waals surface area contributed by atoms with Gasteiger partial charge in [0, 0.05) is 19.3 Å². The molecule has 2 aromatic rings. The van der Waals surface area contributed by atoms with Crippen LogP contribution in [0.5, 0.6) is 0 Å². The Bertz CT molecular complexity index is 717. The van der Waals surface area contributed by atoms with Crippen LogP contribution < -0.4 is 0 Å². The maximum Gasteiger partial charge on any atom is 0.232 e. The first-order chi connectivity index (χ1) is 11.5. The molecular weight excluding hydrogens is 322 g/mol. The maximum absolute atomic E-state index is 12.0. The summed E-state index contributed by atoms with van der Waals surface area (Å²) in [6.07, 6.45) is 1.99. The second-order valence-corrected chi connectivity index (χ2v) is 6.68. The zero-order valence-corrected chi connectivity index (χ0v) is 15.0. The van der Waals surface area contributed by atoms with Crippen LogP contribution in [0.4, 0.5) is 0 Å². The van der Waals surface area contributed by atoms with E-state index in [2.05, 4.69) is 36.2 Å². The lowest BCUT2D eigenvalue weighted by atomic mass is 10.0. The Hall–Kier alpha value is -2.33. The van der Waals surface area contributed by atoms with Gasteiger partial charge in [0.25, 0.3) is 0 Å². The van der Waals surface area contributed by atoms with Gasteiger partial charge < -0.3 is 4.90 Å². The normalized spacial score (nSPS) is 10.6. The monoisotopic (exact) mass is 343 g/mol. The van der Waals surface area contributed by atoms with E-state index in [1.807, 2.05) is 22.8 Å². The summed E-state index contributed by atoms with van der Waals surface area (Å²) in [7, 11) is 1.70. The van der Waals surface area contributed by atoms with Gasteiger partial charge in [-0.3, -0.25) is 9.36 Å². The fraction of sp³-hybridized carbons (Fsp3) is 0.412. The predicted octanol–water partition coefficient (Wildman–Crippen LogP) is 2.85. The van der Waals surface area contributed by atoms with Crippen LogP contribution in [0.15, 0.2) is 35.7 Å². The first-order valence-corrected chi connectivity index (χ1v) is 8.75.